The monoisotopic (exact) mass is 267 g/mol. The predicted molar refractivity (Wildman–Crippen MR) is 63.9 cm³/mol. The molecule has 0 saturated heterocycles. The maximum absolute atomic E-state index is 13.4. The molecular weight excluding hydrogens is 257 g/mol. The number of carboxylic acids is 1. The SMILES string of the molecule is Cn1cnnc1SCc1ccc(C(=O)O)c(F)c1. The van der Waals surface area contributed by atoms with Crippen LogP contribution in [0.3, 0.4) is 0 Å². The lowest BCUT2D eigenvalue weighted by molar-refractivity contribution is 0.0692. The summed E-state index contributed by atoms with van der Waals surface area (Å²) in [6, 6.07) is 4.09. The minimum Gasteiger partial charge on any atom is -0.478 e. The first kappa shape index (κ1) is 12.6. The molecule has 2 aromatic rings. The molecule has 0 aliphatic carbocycles. The zero-order valence-electron chi connectivity index (χ0n) is 9.50. The van der Waals surface area contributed by atoms with Crippen LogP contribution in [0.25, 0.3) is 0 Å². The van der Waals surface area contributed by atoms with E-state index < -0.39 is 11.8 Å². The van der Waals surface area contributed by atoms with Crippen molar-refractivity contribution < 1.29 is 14.3 Å². The van der Waals surface area contributed by atoms with Gasteiger partial charge in [0.05, 0.1) is 5.56 Å². The van der Waals surface area contributed by atoms with Crippen molar-refractivity contribution >= 4 is 17.7 Å². The lowest BCUT2D eigenvalue weighted by Gasteiger charge is -2.03. The molecule has 0 spiro atoms. The van der Waals surface area contributed by atoms with Crippen LogP contribution < -0.4 is 0 Å². The van der Waals surface area contributed by atoms with Gasteiger partial charge in [0.15, 0.2) is 5.16 Å². The Bertz CT molecular complexity index is 585. The van der Waals surface area contributed by atoms with Gasteiger partial charge >= 0.3 is 5.97 Å². The van der Waals surface area contributed by atoms with Crippen LogP contribution in [0, 0.1) is 5.82 Å². The van der Waals surface area contributed by atoms with Crippen molar-refractivity contribution in [1.29, 1.82) is 0 Å². The smallest absolute Gasteiger partial charge is 0.338 e. The van der Waals surface area contributed by atoms with E-state index in [0.29, 0.717) is 11.3 Å². The molecule has 94 valence electrons. The van der Waals surface area contributed by atoms with Crippen molar-refractivity contribution in [2.24, 2.45) is 7.05 Å². The average Bonchev–Trinajstić information content (AvgIpc) is 2.72. The Balaban J connectivity index is 2.09. The van der Waals surface area contributed by atoms with Crippen LogP contribution in [-0.4, -0.2) is 25.8 Å². The Labute approximate surface area is 107 Å². The third-order valence-electron chi connectivity index (χ3n) is 2.30. The van der Waals surface area contributed by atoms with Crippen LogP contribution >= 0.6 is 11.8 Å². The fourth-order valence-electron chi connectivity index (χ4n) is 1.37. The summed E-state index contributed by atoms with van der Waals surface area (Å²) in [7, 11) is 1.82. The number of aromatic nitrogens is 3. The number of aromatic carboxylic acids is 1. The zero-order valence-corrected chi connectivity index (χ0v) is 10.3. The number of carbonyl (C=O) groups is 1. The summed E-state index contributed by atoms with van der Waals surface area (Å²) in [4.78, 5) is 10.7. The van der Waals surface area contributed by atoms with E-state index in [1.165, 1.54) is 23.9 Å². The van der Waals surface area contributed by atoms with Crippen LogP contribution in [-0.2, 0) is 12.8 Å². The van der Waals surface area contributed by atoms with Crippen molar-refractivity contribution in [3.63, 3.8) is 0 Å². The molecule has 0 fully saturated rings. The second-order valence-corrected chi connectivity index (χ2v) is 4.57. The largest absolute Gasteiger partial charge is 0.478 e. The van der Waals surface area contributed by atoms with Gasteiger partial charge in [-0.3, -0.25) is 0 Å². The minimum atomic E-state index is -1.26. The van der Waals surface area contributed by atoms with Gasteiger partial charge in [0.25, 0.3) is 0 Å². The lowest BCUT2D eigenvalue weighted by Crippen LogP contribution is -2.01. The van der Waals surface area contributed by atoms with Gasteiger partial charge in [0, 0.05) is 12.8 Å². The predicted octanol–water partition coefficient (Wildman–Crippen LogP) is 1.94. The van der Waals surface area contributed by atoms with Gasteiger partial charge < -0.3 is 9.67 Å². The molecule has 1 N–H and O–H groups in total. The summed E-state index contributed by atoms with van der Waals surface area (Å²) in [5.41, 5.74) is 0.382. The fourth-order valence-corrected chi connectivity index (χ4v) is 2.20. The highest BCUT2D eigenvalue weighted by molar-refractivity contribution is 7.98. The topological polar surface area (TPSA) is 68.0 Å². The molecule has 1 aromatic heterocycles. The first-order valence-electron chi connectivity index (χ1n) is 5.06. The van der Waals surface area contributed by atoms with E-state index in [1.54, 1.807) is 17.0 Å². The minimum absolute atomic E-state index is 0.317. The summed E-state index contributed by atoms with van der Waals surface area (Å²) in [5.74, 6) is -1.48. The van der Waals surface area contributed by atoms with Crippen LogP contribution in [0.15, 0.2) is 29.7 Å². The van der Waals surface area contributed by atoms with E-state index in [9.17, 15) is 9.18 Å². The molecule has 7 heteroatoms. The van der Waals surface area contributed by atoms with Gasteiger partial charge in [-0.25, -0.2) is 9.18 Å². The lowest BCUT2D eigenvalue weighted by atomic mass is 10.1. The van der Waals surface area contributed by atoms with Crippen molar-refractivity contribution in [2.45, 2.75) is 10.9 Å². The Kier molecular flexibility index (Phi) is 3.61. The number of benzene rings is 1. The van der Waals surface area contributed by atoms with Crippen LogP contribution in [0.5, 0.6) is 0 Å². The molecule has 0 amide bonds. The first-order chi connectivity index (χ1) is 8.58. The molecule has 0 unspecified atom stereocenters. The van der Waals surface area contributed by atoms with E-state index in [4.69, 9.17) is 5.11 Å². The maximum Gasteiger partial charge on any atom is 0.338 e. The Morgan fingerprint density at radius 2 is 2.33 bits per heavy atom. The molecule has 0 aliphatic rings. The van der Waals surface area contributed by atoms with Gasteiger partial charge in [0.1, 0.15) is 12.1 Å². The third kappa shape index (κ3) is 2.67. The van der Waals surface area contributed by atoms with E-state index in [2.05, 4.69) is 10.2 Å². The van der Waals surface area contributed by atoms with E-state index in [-0.39, 0.29) is 5.56 Å². The zero-order chi connectivity index (χ0) is 13.1. The quantitative estimate of drug-likeness (QED) is 0.857. The summed E-state index contributed by atoms with van der Waals surface area (Å²) in [6.45, 7) is 0. The van der Waals surface area contributed by atoms with Gasteiger partial charge in [0.2, 0.25) is 0 Å². The molecule has 2 rings (SSSR count). The average molecular weight is 267 g/mol. The molecule has 1 heterocycles. The summed E-state index contributed by atoms with van der Waals surface area (Å²) in [6.07, 6.45) is 1.58. The molecule has 1 aromatic carbocycles. The van der Waals surface area contributed by atoms with E-state index >= 15 is 0 Å². The van der Waals surface area contributed by atoms with Crippen LogP contribution in [0.1, 0.15) is 15.9 Å². The third-order valence-corrected chi connectivity index (χ3v) is 3.41. The van der Waals surface area contributed by atoms with Crippen LogP contribution in [0.4, 0.5) is 4.39 Å². The molecule has 0 saturated carbocycles. The molecular formula is C11H10FN3O2S. The molecule has 0 aliphatic heterocycles. The Morgan fingerprint density at radius 3 is 2.89 bits per heavy atom. The van der Waals surface area contributed by atoms with E-state index in [0.717, 1.165) is 5.16 Å². The van der Waals surface area contributed by atoms with Crippen molar-refractivity contribution in [1.82, 2.24) is 14.8 Å². The van der Waals surface area contributed by atoms with Crippen molar-refractivity contribution in [2.75, 3.05) is 0 Å². The molecule has 5 nitrogen and oxygen atoms in total. The molecule has 0 radical (unpaired) electrons. The number of halogens is 1. The van der Waals surface area contributed by atoms with E-state index in [1.807, 2.05) is 7.05 Å². The highest BCUT2D eigenvalue weighted by atomic mass is 32.2. The van der Waals surface area contributed by atoms with Crippen LogP contribution in [0.2, 0.25) is 0 Å². The summed E-state index contributed by atoms with van der Waals surface area (Å²) < 4.78 is 15.2. The fraction of sp³-hybridized carbons (Fsp3) is 0.182. The number of thioether (sulfide) groups is 1. The number of hydrogen-bond acceptors (Lipinski definition) is 4. The molecule has 0 bridgehead atoms. The van der Waals surface area contributed by atoms with Crippen molar-refractivity contribution in [3.8, 4) is 0 Å². The van der Waals surface area contributed by atoms with Gasteiger partial charge in [-0.1, -0.05) is 17.8 Å². The summed E-state index contributed by atoms with van der Waals surface area (Å²) in [5, 5.41) is 17.0. The summed E-state index contributed by atoms with van der Waals surface area (Å²) >= 11 is 1.41. The highest BCUT2D eigenvalue weighted by Crippen LogP contribution is 2.21. The highest BCUT2D eigenvalue weighted by Gasteiger charge is 2.11. The molecule has 18 heavy (non-hydrogen) atoms. The Hall–Kier alpha value is -1.89. The van der Waals surface area contributed by atoms with Gasteiger partial charge in [-0.2, -0.15) is 0 Å². The number of nitrogens with zero attached hydrogens (tertiary/aromatic N) is 3. The second-order valence-electron chi connectivity index (χ2n) is 3.63. The van der Waals surface area contributed by atoms with Gasteiger partial charge in [-0.15, -0.1) is 10.2 Å². The number of carboxylic acid groups (broad SMARTS) is 1. The van der Waals surface area contributed by atoms with Crippen molar-refractivity contribution in [3.05, 3.63) is 41.5 Å². The normalized spacial score (nSPS) is 10.6. The second kappa shape index (κ2) is 5.18. The number of hydrogen-bond donors (Lipinski definition) is 1. The number of aryl methyl sites for hydroxylation is 1. The standard InChI is InChI=1S/C11H10FN3O2S/c1-15-6-13-14-11(15)18-5-7-2-3-8(10(16)17)9(12)4-7/h2-4,6H,5H2,1H3,(H,16,17). The molecule has 0 atom stereocenters. The van der Waals surface area contributed by atoms with Gasteiger partial charge in [-0.05, 0) is 17.7 Å². The number of rotatable bonds is 4. The first-order valence-corrected chi connectivity index (χ1v) is 6.05. The Morgan fingerprint density at radius 1 is 1.56 bits per heavy atom. The maximum atomic E-state index is 13.4.